The van der Waals surface area contributed by atoms with Crippen LogP contribution in [0.2, 0.25) is 0 Å². The molecular weight excluding hydrogens is 372 g/mol. The van der Waals surface area contributed by atoms with Gasteiger partial charge in [0.25, 0.3) is 0 Å². The Morgan fingerprint density at radius 1 is 1.07 bits per heavy atom. The van der Waals surface area contributed by atoms with E-state index in [0.29, 0.717) is 6.04 Å². The van der Waals surface area contributed by atoms with E-state index in [1.165, 1.54) is 24.0 Å². The molecule has 0 aromatic heterocycles. The van der Waals surface area contributed by atoms with Crippen LogP contribution in [0, 0.1) is 0 Å². The maximum Gasteiger partial charge on any atom is 0.191 e. The Morgan fingerprint density at radius 3 is 2.43 bits per heavy atom. The highest BCUT2D eigenvalue weighted by atomic mass is 16.5. The first-order valence-corrected chi connectivity index (χ1v) is 11.1. The summed E-state index contributed by atoms with van der Waals surface area (Å²) in [5, 5.41) is 7.24. The van der Waals surface area contributed by atoms with Gasteiger partial charge in [0.05, 0.1) is 7.11 Å². The number of likely N-dealkylation sites (tertiary alicyclic amines) is 1. The van der Waals surface area contributed by atoms with Crippen LogP contribution >= 0.6 is 0 Å². The summed E-state index contributed by atoms with van der Waals surface area (Å²) in [6.07, 6.45) is 4.67. The molecule has 0 bridgehead atoms. The van der Waals surface area contributed by atoms with E-state index in [-0.39, 0.29) is 5.41 Å². The molecule has 2 fully saturated rings. The van der Waals surface area contributed by atoms with E-state index in [1.807, 2.05) is 13.1 Å². The van der Waals surface area contributed by atoms with E-state index >= 15 is 0 Å². The molecule has 30 heavy (non-hydrogen) atoms. The molecule has 2 aliphatic rings. The van der Waals surface area contributed by atoms with Crippen molar-refractivity contribution in [2.75, 3.05) is 33.8 Å². The normalized spacial score (nSPS) is 19.3. The molecule has 0 atom stereocenters. The number of nitrogens with one attached hydrogen (secondary N) is 2. The second-order valence-electron chi connectivity index (χ2n) is 8.59. The Kier molecular flexibility index (Phi) is 6.58. The molecule has 1 heterocycles. The summed E-state index contributed by atoms with van der Waals surface area (Å²) >= 11 is 0. The Bertz CT molecular complexity index is 839. The minimum absolute atomic E-state index is 0.170. The lowest BCUT2D eigenvalue weighted by Crippen LogP contribution is -2.49. The lowest BCUT2D eigenvalue weighted by molar-refractivity contribution is 0.198. The third-order valence-electron chi connectivity index (χ3n) is 6.53. The van der Waals surface area contributed by atoms with Crippen LogP contribution in [-0.2, 0) is 12.0 Å². The van der Waals surface area contributed by atoms with Crippen LogP contribution in [-0.4, -0.2) is 50.7 Å². The second kappa shape index (κ2) is 9.52. The summed E-state index contributed by atoms with van der Waals surface area (Å²) in [5.74, 6) is 1.91. The molecule has 5 nitrogen and oxygen atoms in total. The van der Waals surface area contributed by atoms with Gasteiger partial charge in [-0.2, -0.15) is 0 Å². The zero-order valence-electron chi connectivity index (χ0n) is 18.2. The van der Waals surface area contributed by atoms with E-state index in [0.717, 1.165) is 50.7 Å². The molecule has 1 aliphatic heterocycles. The van der Waals surface area contributed by atoms with Crippen molar-refractivity contribution in [1.29, 1.82) is 0 Å². The first-order valence-electron chi connectivity index (χ1n) is 11.1. The third-order valence-corrected chi connectivity index (χ3v) is 6.53. The van der Waals surface area contributed by atoms with Gasteiger partial charge < -0.3 is 15.4 Å². The van der Waals surface area contributed by atoms with Gasteiger partial charge in [-0.3, -0.25) is 9.89 Å². The van der Waals surface area contributed by atoms with Gasteiger partial charge in [0.2, 0.25) is 0 Å². The van der Waals surface area contributed by atoms with Crippen LogP contribution in [0.25, 0.3) is 0 Å². The SMILES string of the molecule is CN=C(NCC1(c2ccccc2OC)CC1)NC1CCN(Cc2ccccc2)CC1. The van der Waals surface area contributed by atoms with Crippen LogP contribution in [0.3, 0.4) is 0 Å². The maximum atomic E-state index is 5.60. The van der Waals surface area contributed by atoms with E-state index in [1.54, 1.807) is 7.11 Å². The summed E-state index contributed by atoms with van der Waals surface area (Å²) in [4.78, 5) is 7.03. The van der Waals surface area contributed by atoms with E-state index in [4.69, 9.17) is 4.74 Å². The molecule has 1 saturated heterocycles. The molecule has 0 radical (unpaired) electrons. The summed E-state index contributed by atoms with van der Waals surface area (Å²) in [6, 6.07) is 19.6. The van der Waals surface area contributed by atoms with Crippen LogP contribution in [0.1, 0.15) is 36.8 Å². The lowest BCUT2D eigenvalue weighted by atomic mass is 9.95. The summed E-state index contributed by atoms with van der Waals surface area (Å²) < 4.78 is 5.60. The van der Waals surface area contributed by atoms with Crippen molar-refractivity contribution in [1.82, 2.24) is 15.5 Å². The van der Waals surface area contributed by atoms with Crippen LogP contribution < -0.4 is 15.4 Å². The third kappa shape index (κ3) is 4.96. The monoisotopic (exact) mass is 406 g/mol. The minimum Gasteiger partial charge on any atom is -0.496 e. The minimum atomic E-state index is 0.170. The summed E-state index contributed by atoms with van der Waals surface area (Å²) in [7, 11) is 3.62. The highest BCUT2D eigenvalue weighted by Crippen LogP contribution is 2.50. The first-order chi connectivity index (χ1) is 14.7. The summed E-state index contributed by atoms with van der Waals surface area (Å²) in [5.41, 5.74) is 2.88. The van der Waals surface area contributed by atoms with Gasteiger partial charge in [0.1, 0.15) is 5.75 Å². The summed E-state index contributed by atoms with van der Waals surface area (Å²) in [6.45, 7) is 4.17. The Morgan fingerprint density at radius 2 is 1.77 bits per heavy atom. The Hall–Kier alpha value is -2.53. The van der Waals surface area contributed by atoms with Gasteiger partial charge in [0.15, 0.2) is 5.96 Å². The largest absolute Gasteiger partial charge is 0.496 e. The molecule has 5 heteroatoms. The number of methoxy groups -OCH3 is 1. The van der Waals surface area contributed by atoms with E-state index in [9.17, 15) is 0 Å². The number of rotatable bonds is 7. The van der Waals surface area contributed by atoms with Gasteiger partial charge in [-0.1, -0.05) is 48.5 Å². The number of hydrogen-bond acceptors (Lipinski definition) is 3. The van der Waals surface area contributed by atoms with Crippen molar-refractivity contribution in [2.45, 2.75) is 43.7 Å². The average molecular weight is 407 g/mol. The number of aliphatic imine (C=N–C) groups is 1. The smallest absolute Gasteiger partial charge is 0.191 e. The van der Waals surface area contributed by atoms with Gasteiger partial charge in [0, 0.05) is 50.2 Å². The number of ether oxygens (including phenoxy) is 1. The van der Waals surface area contributed by atoms with Gasteiger partial charge in [-0.15, -0.1) is 0 Å². The molecule has 1 saturated carbocycles. The fourth-order valence-electron chi connectivity index (χ4n) is 4.49. The lowest BCUT2D eigenvalue weighted by Gasteiger charge is -2.33. The zero-order valence-corrected chi connectivity index (χ0v) is 18.2. The standard InChI is InChI=1S/C25H34N4O/c1-26-24(27-19-25(14-15-25)22-10-6-7-11-23(22)30-2)28-21-12-16-29(17-13-21)18-20-8-4-3-5-9-20/h3-11,21H,12-19H2,1-2H3,(H2,26,27,28). The molecule has 2 aromatic rings. The molecule has 160 valence electrons. The molecule has 2 aromatic carbocycles. The quantitative estimate of drug-likeness (QED) is 0.545. The number of piperidine rings is 1. The average Bonchev–Trinajstić information content (AvgIpc) is 3.59. The predicted octanol–water partition coefficient (Wildman–Crippen LogP) is 3.56. The molecule has 0 spiro atoms. The number of para-hydroxylation sites is 1. The van der Waals surface area contributed by atoms with Gasteiger partial charge in [-0.05, 0) is 37.3 Å². The van der Waals surface area contributed by atoms with Crippen LogP contribution in [0.15, 0.2) is 59.6 Å². The highest BCUT2D eigenvalue weighted by molar-refractivity contribution is 5.80. The van der Waals surface area contributed by atoms with E-state index in [2.05, 4.69) is 69.1 Å². The van der Waals surface area contributed by atoms with Crippen LogP contribution in [0.5, 0.6) is 5.75 Å². The van der Waals surface area contributed by atoms with Crippen molar-refractivity contribution in [2.24, 2.45) is 4.99 Å². The van der Waals surface area contributed by atoms with Crippen LogP contribution in [0.4, 0.5) is 0 Å². The zero-order chi connectivity index (χ0) is 20.8. The molecule has 0 amide bonds. The topological polar surface area (TPSA) is 48.9 Å². The Balaban J connectivity index is 1.26. The molecule has 4 rings (SSSR count). The van der Waals surface area contributed by atoms with Crippen molar-refractivity contribution in [3.63, 3.8) is 0 Å². The molecule has 0 unspecified atom stereocenters. The number of hydrogen-bond donors (Lipinski definition) is 2. The maximum absolute atomic E-state index is 5.60. The Labute approximate surface area is 180 Å². The van der Waals surface area contributed by atoms with Gasteiger partial charge in [-0.25, -0.2) is 0 Å². The predicted molar refractivity (Wildman–Crippen MR) is 123 cm³/mol. The molecule has 1 aliphatic carbocycles. The van der Waals surface area contributed by atoms with Crippen molar-refractivity contribution in [3.05, 3.63) is 65.7 Å². The van der Waals surface area contributed by atoms with E-state index < -0.39 is 0 Å². The van der Waals surface area contributed by atoms with Crippen molar-refractivity contribution >= 4 is 5.96 Å². The molecular formula is C25H34N4O. The first kappa shape index (κ1) is 20.7. The number of nitrogens with zero attached hydrogens (tertiary/aromatic N) is 2. The number of benzene rings is 2. The number of guanidine groups is 1. The van der Waals surface area contributed by atoms with Gasteiger partial charge >= 0.3 is 0 Å². The fraction of sp³-hybridized carbons (Fsp3) is 0.480. The molecule has 2 N–H and O–H groups in total. The van der Waals surface area contributed by atoms with Crippen molar-refractivity contribution < 1.29 is 4.74 Å². The second-order valence-corrected chi connectivity index (χ2v) is 8.59. The highest BCUT2D eigenvalue weighted by Gasteiger charge is 2.46. The van der Waals surface area contributed by atoms with Crippen molar-refractivity contribution in [3.8, 4) is 5.75 Å². The fourth-order valence-corrected chi connectivity index (χ4v) is 4.49.